The van der Waals surface area contributed by atoms with E-state index in [-0.39, 0.29) is 25.8 Å². The van der Waals surface area contributed by atoms with E-state index in [9.17, 15) is 4.79 Å². The number of benzene rings is 3. The molecule has 1 radical (unpaired) electrons. The van der Waals surface area contributed by atoms with Gasteiger partial charge in [-0.15, -0.1) is 29.7 Å². The Balaban J connectivity index is 0.000000213. The standard InChI is InChI=1S/C18H12N.C4H3NO3.Ir/c1-12-10-17-15-8-3-2-6-13(15)14-7-4-5-9-16(14)18(17)19-11-12;6-4(7)3-1-8-2-5-3;/h2-8,10-11H,1H3;1-2H,(H,6,7);/q-1;;. The van der Waals surface area contributed by atoms with Gasteiger partial charge in [-0.2, -0.15) is 0 Å². The van der Waals surface area contributed by atoms with Gasteiger partial charge in [0.15, 0.2) is 12.1 Å². The van der Waals surface area contributed by atoms with Crippen molar-refractivity contribution in [2.45, 2.75) is 6.92 Å². The molecule has 0 spiro atoms. The summed E-state index contributed by atoms with van der Waals surface area (Å²) in [5, 5.41) is 14.2. The Hall–Kier alpha value is -3.08. The summed E-state index contributed by atoms with van der Waals surface area (Å²) in [5.41, 5.74) is 2.16. The van der Waals surface area contributed by atoms with E-state index < -0.39 is 5.97 Å². The van der Waals surface area contributed by atoms with Gasteiger partial charge in [0.25, 0.3) is 0 Å². The molecular weight excluding hydrogens is 532 g/mol. The second-order valence-corrected chi connectivity index (χ2v) is 6.09. The first kappa shape index (κ1) is 19.7. The number of aromatic nitrogens is 2. The summed E-state index contributed by atoms with van der Waals surface area (Å²) in [6, 6.07) is 20.2. The van der Waals surface area contributed by atoms with Gasteiger partial charge in [0.1, 0.15) is 6.26 Å². The maximum atomic E-state index is 9.94. The van der Waals surface area contributed by atoms with Crippen LogP contribution in [0.5, 0.6) is 0 Å². The van der Waals surface area contributed by atoms with Crippen molar-refractivity contribution < 1.29 is 34.4 Å². The Morgan fingerprint density at radius 1 is 1.04 bits per heavy atom. The minimum absolute atomic E-state index is 0. The second kappa shape index (κ2) is 8.30. The van der Waals surface area contributed by atoms with E-state index in [1.165, 1.54) is 27.1 Å². The van der Waals surface area contributed by atoms with Crippen molar-refractivity contribution in [1.82, 2.24) is 9.97 Å². The first-order valence-electron chi connectivity index (χ1n) is 8.34. The van der Waals surface area contributed by atoms with Gasteiger partial charge in [0, 0.05) is 26.3 Å². The van der Waals surface area contributed by atoms with Crippen LogP contribution in [0.1, 0.15) is 16.1 Å². The van der Waals surface area contributed by atoms with Crippen molar-refractivity contribution in [3.05, 3.63) is 84.7 Å². The molecule has 0 saturated heterocycles. The smallest absolute Gasteiger partial charge is 0.357 e. The van der Waals surface area contributed by atoms with E-state index in [0.717, 1.165) is 23.6 Å². The molecule has 5 nitrogen and oxygen atoms in total. The molecule has 28 heavy (non-hydrogen) atoms. The molecule has 0 atom stereocenters. The van der Waals surface area contributed by atoms with Gasteiger partial charge in [-0.1, -0.05) is 41.1 Å². The molecule has 5 rings (SSSR count). The topological polar surface area (TPSA) is 76.2 Å². The maximum absolute atomic E-state index is 9.94. The van der Waals surface area contributed by atoms with Crippen LogP contribution in [0.25, 0.3) is 32.4 Å². The predicted octanol–water partition coefficient (Wildman–Crippen LogP) is 5.02. The average molecular weight is 548 g/mol. The second-order valence-electron chi connectivity index (χ2n) is 6.09. The third kappa shape index (κ3) is 3.65. The van der Waals surface area contributed by atoms with Gasteiger partial charge in [-0.05, 0) is 28.8 Å². The molecular formula is C22H15IrN2O3-. The van der Waals surface area contributed by atoms with Crippen LogP contribution in [0.3, 0.4) is 0 Å². The van der Waals surface area contributed by atoms with E-state index >= 15 is 0 Å². The Morgan fingerprint density at radius 2 is 1.75 bits per heavy atom. The third-order valence-electron chi connectivity index (χ3n) is 4.28. The van der Waals surface area contributed by atoms with Gasteiger partial charge in [-0.3, -0.25) is 0 Å². The Kier molecular flexibility index (Phi) is 5.83. The number of carbonyl (C=O) groups is 1. The summed E-state index contributed by atoms with van der Waals surface area (Å²) >= 11 is 0. The number of carboxylic acids is 1. The quantitative estimate of drug-likeness (QED) is 0.236. The first-order valence-corrected chi connectivity index (χ1v) is 8.34. The summed E-state index contributed by atoms with van der Waals surface area (Å²) in [6.07, 6.45) is 4.07. The summed E-state index contributed by atoms with van der Waals surface area (Å²) < 4.78 is 4.38. The van der Waals surface area contributed by atoms with Gasteiger partial charge < -0.3 is 14.5 Å². The van der Waals surface area contributed by atoms with E-state index in [0.29, 0.717) is 0 Å². The van der Waals surface area contributed by atoms with Crippen molar-refractivity contribution in [1.29, 1.82) is 0 Å². The largest absolute Gasteiger partial charge is 0.476 e. The molecule has 1 N–H and O–H groups in total. The SMILES string of the molecule is Cc1cnc2c3[c-]cccc3c3ccccc3c2c1.O=C(O)c1cocn1.[Ir]. The summed E-state index contributed by atoms with van der Waals surface area (Å²) in [4.78, 5) is 17.9. The van der Waals surface area contributed by atoms with Crippen LogP contribution in [0, 0.1) is 13.0 Å². The normalized spacial score (nSPS) is 10.3. The molecule has 0 fully saturated rings. The number of aryl methyl sites for hydroxylation is 1. The molecule has 0 aliphatic heterocycles. The molecule has 0 bridgehead atoms. The summed E-state index contributed by atoms with van der Waals surface area (Å²) in [6.45, 7) is 2.08. The minimum Gasteiger partial charge on any atom is -0.476 e. The Labute approximate surface area is 174 Å². The number of aromatic carboxylic acids is 1. The Bertz CT molecular complexity index is 1230. The fourth-order valence-electron chi connectivity index (χ4n) is 3.10. The zero-order chi connectivity index (χ0) is 18.8. The van der Waals surface area contributed by atoms with E-state index in [4.69, 9.17) is 5.11 Å². The summed E-state index contributed by atoms with van der Waals surface area (Å²) in [7, 11) is 0. The van der Waals surface area contributed by atoms with Crippen molar-refractivity contribution >= 4 is 38.4 Å². The van der Waals surface area contributed by atoms with Crippen molar-refractivity contribution in [3.63, 3.8) is 0 Å². The van der Waals surface area contributed by atoms with Crippen LogP contribution in [-0.2, 0) is 20.1 Å². The number of carboxylic acid groups (broad SMARTS) is 1. The molecule has 0 aliphatic carbocycles. The number of hydrogen-bond donors (Lipinski definition) is 1. The zero-order valence-corrected chi connectivity index (χ0v) is 17.2. The molecule has 2 aromatic heterocycles. The number of nitrogens with zero attached hydrogens (tertiary/aromatic N) is 2. The van der Waals surface area contributed by atoms with Gasteiger partial charge in [-0.25, -0.2) is 9.78 Å². The monoisotopic (exact) mass is 548 g/mol. The van der Waals surface area contributed by atoms with E-state index in [1.807, 2.05) is 18.3 Å². The maximum Gasteiger partial charge on any atom is 0.357 e. The molecule has 5 aromatic rings. The van der Waals surface area contributed by atoms with Crippen molar-refractivity contribution in [3.8, 4) is 0 Å². The molecule has 0 unspecified atom stereocenters. The number of rotatable bonds is 1. The zero-order valence-electron chi connectivity index (χ0n) is 14.8. The molecule has 0 saturated carbocycles. The summed E-state index contributed by atoms with van der Waals surface area (Å²) in [5.74, 6) is -1.07. The first-order chi connectivity index (χ1) is 13.1. The molecule has 0 amide bonds. The van der Waals surface area contributed by atoms with Crippen LogP contribution in [0.15, 0.2) is 71.8 Å². The molecule has 141 valence electrons. The van der Waals surface area contributed by atoms with Crippen molar-refractivity contribution in [2.75, 3.05) is 0 Å². The van der Waals surface area contributed by atoms with Crippen molar-refractivity contribution in [2.24, 2.45) is 0 Å². The van der Waals surface area contributed by atoms with Crippen LogP contribution in [0.2, 0.25) is 0 Å². The number of hydrogen-bond acceptors (Lipinski definition) is 4. The fraction of sp³-hybridized carbons (Fsp3) is 0.0455. The third-order valence-corrected chi connectivity index (χ3v) is 4.28. The van der Waals surface area contributed by atoms with Crippen LogP contribution < -0.4 is 0 Å². The Morgan fingerprint density at radius 3 is 2.39 bits per heavy atom. The number of pyridine rings is 1. The minimum atomic E-state index is -1.07. The molecule has 2 heterocycles. The number of fused-ring (bicyclic) bond motifs is 6. The van der Waals surface area contributed by atoms with Gasteiger partial charge in [0.05, 0.1) is 0 Å². The van der Waals surface area contributed by atoms with Crippen LogP contribution in [-0.4, -0.2) is 21.0 Å². The molecule has 0 aliphatic rings. The van der Waals surface area contributed by atoms with Crippen LogP contribution >= 0.6 is 0 Å². The van der Waals surface area contributed by atoms with Gasteiger partial charge >= 0.3 is 5.97 Å². The van der Waals surface area contributed by atoms with E-state index in [2.05, 4.69) is 63.8 Å². The average Bonchev–Trinajstić information content (AvgIpc) is 3.24. The van der Waals surface area contributed by atoms with Crippen LogP contribution in [0.4, 0.5) is 0 Å². The predicted molar refractivity (Wildman–Crippen MR) is 104 cm³/mol. The molecule has 6 heteroatoms. The fourth-order valence-corrected chi connectivity index (χ4v) is 3.10. The number of oxazole rings is 1. The van der Waals surface area contributed by atoms with Gasteiger partial charge in [0.2, 0.25) is 0 Å². The molecule has 3 aromatic carbocycles. The van der Waals surface area contributed by atoms with E-state index in [1.54, 1.807) is 0 Å².